The number of carboxylic acids is 1. The monoisotopic (exact) mass is 513 g/mol. The van der Waals surface area contributed by atoms with E-state index in [1.165, 1.54) is 18.3 Å². The number of benzene rings is 1. The molecule has 2 aromatic rings. The van der Waals surface area contributed by atoms with E-state index < -0.39 is 5.97 Å². The molecule has 0 spiro atoms. The molecule has 0 fully saturated rings. The van der Waals surface area contributed by atoms with Gasteiger partial charge in [-0.3, -0.25) is 4.79 Å². The number of rotatable bonds is 5. The van der Waals surface area contributed by atoms with E-state index in [1.54, 1.807) is 30.4 Å². The molecule has 2 N–H and O–H groups in total. The Morgan fingerprint density at radius 3 is 2.31 bits per heavy atom. The summed E-state index contributed by atoms with van der Waals surface area (Å²) in [5.74, 6) is -0.953. The van der Waals surface area contributed by atoms with Gasteiger partial charge in [0.15, 0.2) is 5.78 Å². The van der Waals surface area contributed by atoms with E-state index in [0.717, 1.165) is 22.3 Å². The summed E-state index contributed by atoms with van der Waals surface area (Å²) in [6.45, 7) is 6.59. The van der Waals surface area contributed by atoms with Crippen LogP contribution in [0.3, 0.4) is 0 Å². The van der Waals surface area contributed by atoms with Crippen LogP contribution in [0.2, 0.25) is 5.02 Å². The Morgan fingerprint density at radius 1 is 1.25 bits per heavy atom. The first-order valence-corrected chi connectivity index (χ1v) is 11.3. The van der Waals surface area contributed by atoms with E-state index in [4.69, 9.17) is 39.9 Å². The molecule has 5 nitrogen and oxygen atoms in total. The average molecular weight is 515 g/mol. The Balaban J connectivity index is 0.000000278. The molecular formula is C23H22Cl3NO4S. The van der Waals surface area contributed by atoms with Crippen LogP contribution in [0.1, 0.15) is 28.6 Å². The predicted octanol–water partition coefficient (Wildman–Crippen LogP) is 6.59. The van der Waals surface area contributed by atoms with Crippen molar-refractivity contribution < 1.29 is 19.5 Å². The number of aryl methyl sites for hydroxylation is 1. The van der Waals surface area contributed by atoms with Crippen molar-refractivity contribution in [3.8, 4) is 11.1 Å². The molecule has 1 atom stereocenters. The molecule has 0 amide bonds. The van der Waals surface area contributed by atoms with Gasteiger partial charge in [0, 0.05) is 21.9 Å². The molecule has 1 aromatic heterocycles. The third-order valence-corrected chi connectivity index (χ3v) is 5.65. The van der Waals surface area contributed by atoms with Crippen LogP contribution < -0.4 is 5.32 Å². The van der Waals surface area contributed by atoms with Gasteiger partial charge in [0.25, 0.3) is 0 Å². The molecule has 0 aliphatic carbocycles. The molecular weight excluding hydrogens is 493 g/mol. The third kappa shape index (κ3) is 8.63. The number of hydrogen-bond donors (Lipinski definition) is 2. The molecule has 2 heterocycles. The van der Waals surface area contributed by atoms with E-state index >= 15 is 0 Å². The van der Waals surface area contributed by atoms with Crippen molar-refractivity contribution in [2.24, 2.45) is 0 Å². The number of nitrogens with one attached hydrogen (secondary N) is 1. The first-order valence-electron chi connectivity index (χ1n) is 9.23. The molecule has 3 rings (SSSR count). The van der Waals surface area contributed by atoms with Gasteiger partial charge in [-0.05, 0) is 49.1 Å². The molecule has 170 valence electrons. The number of aldehydes is 1. The minimum Gasteiger partial charge on any atom is -0.478 e. The minimum atomic E-state index is -0.885. The molecule has 1 aliphatic heterocycles. The number of ketones is 1. The third-order valence-electron chi connectivity index (χ3n) is 3.92. The number of Topliss-reactive ketones (excluding diaryl/α,β-unsaturated/α-hetero) is 1. The van der Waals surface area contributed by atoms with Crippen molar-refractivity contribution in [2.75, 3.05) is 0 Å². The van der Waals surface area contributed by atoms with Gasteiger partial charge in [0.2, 0.25) is 0 Å². The maximum atomic E-state index is 11.1. The van der Waals surface area contributed by atoms with Crippen LogP contribution in [-0.2, 0) is 9.59 Å². The molecule has 32 heavy (non-hydrogen) atoms. The number of allylic oxidation sites excluding steroid dienone is 3. The molecule has 1 aliphatic rings. The summed E-state index contributed by atoms with van der Waals surface area (Å²) in [5, 5.41) is 14.7. The average Bonchev–Trinajstić information content (AvgIpc) is 3.11. The molecule has 0 bridgehead atoms. The Morgan fingerprint density at radius 2 is 1.88 bits per heavy atom. The lowest BCUT2D eigenvalue weighted by atomic mass is 10.0. The van der Waals surface area contributed by atoms with Gasteiger partial charge in [-0.2, -0.15) is 0 Å². The Hall–Kier alpha value is -2.38. The number of carboxylic acid groups (broad SMARTS) is 1. The second-order valence-electron chi connectivity index (χ2n) is 6.27. The van der Waals surface area contributed by atoms with Gasteiger partial charge in [-0.15, -0.1) is 17.9 Å². The van der Waals surface area contributed by atoms with Crippen LogP contribution in [0.15, 0.2) is 65.2 Å². The van der Waals surface area contributed by atoms with Crippen molar-refractivity contribution >= 4 is 64.2 Å². The molecule has 1 unspecified atom stereocenters. The lowest BCUT2D eigenvalue weighted by molar-refractivity contribution is -0.113. The first kappa shape index (κ1) is 27.7. The number of carbonyl (C=O) groups is 3. The van der Waals surface area contributed by atoms with E-state index in [0.29, 0.717) is 27.7 Å². The zero-order valence-electron chi connectivity index (χ0n) is 17.4. The summed E-state index contributed by atoms with van der Waals surface area (Å²) in [4.78, 5) is 32.1. The van der Waals surface area contributed by atoms with E-state index in [-0.39, 0.29) is 11.3 Å². The smallest absolute Gasteiger partial charge is 0.337 e. The highest BCUT2D eigenvalue weighted by molar-refractivity contribution is 7.10. The summed E-state index contributed by atoms with van der Waals surface area (Å²) < 4.78 is 0. The van der Waals surface area contributed by atoms with Crippen molar-refractivity contribution in [3.05, 3.63) is 80.6 Å². The fourth-order valence-electron chi connectivity index (χ4n) is 2.40. The Labute approximate surface area is 206 Å². The number of aromatic carboxylic acids is 1. The first-order chi connectivity index (χ1) is 15.1. The van der Waals surface area contributed by atoms with Crippen molar-refractivity contribution in [1.29, 1.82) is 0 Å². The SMILES string of the molecule is C=CCC=O.CC(=O)C1=C(Cl)NC(Cl)C=C1.Cc1scc(-c2ccc(Cl)cc2)c1C(=O)O. The quantitative estimate of drug-likeness (QED) is 0.204. The number of carbonyl (C=O) groups excluding carboxylic acids is 2. The standard InChI is InChI=1S/C12H9ClO2S.C7H7Cl2NO.C4H6O/c1-7-11(12(14)15)10(6-16-7)8-2-4-9(13)5-3-8;1-4(11)5-2-3-6(8)10-7(5)9;1-2-3-4-5/h2-6H,1H3,(H,14,15);2-3,6,10H,1H3;2,4H,1,3H2. The number of thiophene rings is 1. The second-order valence-corrected chi connectivity index (χ2v) is 8.64. The molecule has 1 aromatic carbocycles. The molecule has 0 saturated carbocycles. The highest BCUT2D eigenvalue weighted by atomic mass is 35.5. The van der Waals surface area contributed by atoms with Gasteiger partial charge >= 0.3 is 5.97 Å². The van der Waals surface area contributed by atoms with Crippen LogP contribution in [0.5, 0.6) is 0 Å². The van der Waals surface area contributed by atoms with Crippen molar-refractivity contribution in [3.63, 3.8) is 0 Å². The fraction of sp³-hybridized carbons (Fsp3) is 0.174. The molecule has 0 saturated heterocycles. The molecule has 9 heteroatoms. The van der Waals surface area contributed by atoms with Crippen LogP contribution >= 0.6 is 46.1 Å². The lowest BCUT2D eigenvalue weighted by Crippen LogP contribution is -2.24. The van der Waals surface area contributed by atoms with E-state index in [1.807, 2.05) is 24.4 Å². The zero-order valence-corrected chi connectivity index (χ0v) is 20.5. The lowest BCUT2D eigenvalue weighted by Gasteiger charge is -2.14. The van der Waals surface area contributed by atoms with Gasteiger partial charge in [-0.25, -0.2) is 4.79 Å². The van der Waals surface area contributed by atoms with Crippen molar-refractivity contribution in [2.45, 2.75) is 25.8 Å². The topological polar surface area (TPSA) is 83.5 Å². The van der Waals surface area contributed by atoms with Crippen LogP contribution in [0.4, 0.5) is 0 Å². The fourth-order valence-corrected chi connectivity index (χ4v) is 3.94. The zero-order chi connectivity index (χ0) is 24.3. The highest BCUT2D eigenvalue weighted by Gasteiger charge is 2.16. The second kappa shape index (κ2) is 13.9. The summed E-state index contributed by atoms with van der Waals surface area (Å²) in [6.07, 6.45) is 6.14. The van der Waals surface area contributed by atoms with Crippen molar-refractivity contribution in [1.82, 2.24) is 5.32 Å². The number of hydrogen-bond acceptors (Lipinski definition) is 5. The van der Waals surface area contributed by atoms with Crippen LogP contribution in [0, 0.1) is 6.92 Å². The summed E-state index contributed by atoms with van der Waals surface area (Å²) >= 11 is 18.6. The van der Waals surface area contributed by atoms with E-state index in [9.17, 15) is 14.4 Å². The Kier molecular flexibility index (Phi) is 12.0. The summed E-state index contributed by atoms with van der Waals surface area (Å²) in [6, 6.07) is 7.18. The van der Waals surface area contributed by atoms with Gasteiger partial charge in [-0.1, -0.05) is 53.0 Å². The maximum Gasteiger partial charge on any atom is 0.337 e. The van der Waals surface area contributed by atoms with Crippen LogP contribution in [-0.4, -0.2) is 28.6 Å². The summed E-state index contributed by atoms with van der Waals surface area (Å²) in [5.41, 5.74) is 2.18. The Bertz CT molecular complexity index is 1020. The van der Waals surface area contributed by atoms with Crippen LogP contribution in [0.25, 0.3) is 11.1 Å². The predicted molar refractivity (Wildman–Crippen MR) is 133 cm³/mol. The number of dihydropyridines is 1. The largest absolute Gasteiger partial charge is 0.478 e. The number of halogens is 3. The highest BCUT2D eigenvalue weighted by Crippen LogP contribution is 2.31. The maximum absolute atomic E-state index is 11.1. The number of alkyl halides is 1. The van der Waals surface area contributed by atoms with Gasteiger partial charge in [0.05, 0.1) is 11.1 Å². The minimum absolute atomic E-state index is 0.0673. The normalized spacial score (nSPS) is 14.2. The molecule has 0 radical (unpaired) electrons. The van der Waals surface area contributed by atoms with Gasteiger partial charge < -0.3 is 15.2 Å². The summed E-state index contributed by atoms with van der Waals surface area (Å²) in [7, 11) is 0. The van der Waals surface area contributed by atoms with E-state index in [2.05, 4.69) is 11.9 Å². The van der Waals surface area contributed by atoms with Gasteiger partial charge in [0.1, 0.15) is 16.9 Å².